The molecule has 0 spiro atoms. The molecule has 0 N–H and O–H groups in total. The fraction of sp³-hybridized carbons (Fsp3) is 0.182. The Hall–Kier alpha value is -3.18. The molecule has 0 amide bonds. The van der Waals surface area contributed by atoms with Gasteiger partial charge in [-0.15, -0.1) is 0 Å². The minimum atomic E-state index is 0.184. The average molecular weight is 364 g/mol. The summed E-state index contributed by atoms with van der Waals surface area (Å²) in [5, 5.41) is 0. The summed E-state index contributed by atoms with van der Waals surface area (Å²) in [5.74, 6) is 2.29. The van der Waals surface area contributed by atoms with Crippen LogP contribution in [0.1, 0.15) is 5.56 Å². The molecular weight excluding hydrogens is 344 g/mol. The Morgan fingerprint density at radius 1 is 0.741 bits per heavy atom. The van der Waals surface area contributed by atoms with E-state index in [1.807, 2.05) is 72.8 Å². The molecule has 1 aliphatic heterocycles. The summed E-state index contributed by atoms with van der Waals surface area (Å²) in [4.78, 5) is 11.0. The van der Waals surface area contributed by atoms with E-state index in [0.29, 0.717) is 36.2 Å². The van der Waals surface area contributed by atoms with Crippen molar-refractivity contribution in [3.8, 4) is 23.0 Å². The molecule has 27 heavy (non-hydrogen) atoms. The molecule has 1 fully saturated rings. The summed E-state index contributed by atoms with van der Waals surface area (Å²) in [6, 6.07) is 24.7. The third-order valence-corrected chi connectivity index (χ3v) is 3.96. The average Bonchev–Trinajstić information content (AvgIpc) is 3.56. The van der Waals surface area contributed by atoms with Gasteiger partial charge in [-0.3, -0.25) is 9.78 Å². The summed E-state index contributed by atoms with van der Waals surface area (Å²) >= 11 is 0. The Balaban J connectivity index is 1.46. The molecule has 1 saturated heterocycles. The smallest absolute Gasteiger partial charge is 0.224 e. The SMILES string of the molecule is c1ccc(COc2ccc(OCC3CO3)cc2OOc2ccccc2)cc1. The normalized spacial score (nSPS) is 15.0. The maximum Gasteiger partial charge on any atom is 0.224 e. The standard InChI is InChI=1S/C22H20O5/c1-3-7-17(8-4-1)14-25-21-12-11-19(23-15-20-16-24-20)13-22(21)27-26-18-9-5-2-6-10-18/h1-13,20H,14-16H2. The summed E-state index contributed by atoms with van der Waals surface area (Å²) in [7, 11) is 0. The lowest BCUT2D eigenvalue weighted by molar-refractivity contribution is -0.102. The van der Waals surface area contributed by atoms with Crippen molar-refractivity contribution >= 4 is 0 Å². The molecule has 3 aromatic carbocycles. The zero-order valence-electron chi connectivity index (χ0n) is 14.7. The lowest BCUT2D eigenvalue weighted by atomic mass is 10.2. The largest absolute Gasteiger partial charge is 0.491 e. The predicted molar refractivity (Wildman–Crippen MR) is 100 cm³/mol. The summed E-state index contributed by atoms with van der Waals surface area (Å²) < 4.78 is 16.8. The van der Waals surface area contributed by atoms with E-state index >= 15 is 0 Å². The summed E-state index contributed by atoms with van der Waals surface area (Å²) in [6.45, 7) is 1.70. The molecule has 0 aliphatic carbocycles. The Labute approximate surface area is 157 Å². The molecule has 1 atom stereocenters. The van der Waals surface area contributed by atoms with Gasteiger partial charge in [0, 0.05) is 6.07 Å². The van der Waals surface area contributed by atoms with Gasteiger partial charge in [0.2, 0.25) is 5.75 Å². The van der Waals surface area contributed by atoms with Gasteiger partial charge in [-0.05, 0) is 29.8 Å². The van der Waals surface area contributed by atoms with E-state index in [4.69, 9.17) is 24.0 Å². The van der Waals surface area contributed by atoms with Gasteiger partial charge < -0.3 is 14.2 Å². The highest BCUT2D eigenvalue weighted by atomic mass is 17.2. The van der Waals surface area contributed by atoms with Crippen LogP contribution in [0.4, 0.5) is 0 Å². The molecule has 1 heterocycles. The van der Waals surface area contributed by atoms with E-state index in [1.54, 1.807) is 6.07 Å². The van der Waals surface area contributed by atoms with E-state index in [2.05, 4.69) is 0 Å². The number of benzene rings is 3. The second kappa shape index (κ2) is 8.47. The maximum absolute atomic E-state index is 5.92. The van der Waals surface area contributed by atoms with Crippen LogP contribution in [0.2, 0.25) is 0 Å². The number of hydrogen-bond acceptors (Lipinski definition) is 5. The fourth-order valence-corrected chi connectivity index (χ4v) is 2.42. The topological polar surface area (TPSA) is 49.5 Å². The highest BCUT2D eigenvalue weighted by Crippen LogP contribution is 2.33. The lowest BCUT2D eigenvalue weighted by Crippen LogP contribution is -2.06. The van der Waals surface area contributed by atoms with E-state index < -0.39 is 0 Å². The molecule has 5 nitrogen and oxygen atoms in total. The van der Waals surface area contributed by atoms with Crippen LogP contribution in [-0.2, 0) is 11.3 Å². The van der Waals surface area contributed by atoms with Crippen LogP contribution in [0, 0.1) is 0 Å². The second-order valence-corrected chi connectivity index (χ2v) is 6.13. The molecule has 4 rings (SSSR count). The van der Waals surface area contributed by atoms with Crippen molar-refractivity contribution in [3.05, 3.63) is 84.4 Å². The molecule has 0 radical (unpaired) electrons. The number of rotatable bonds is 9. The molecule has 0 aromatic heterocycles. The quantitative estimate of drug-likeness (QED) is 0.320. The molecule has 1 unspecified atom stereocenters. The van der Waals surface area contributed by atoms with Gasteiger partial charge >= 0.3 is 0 Å². The first-order valence-electron chi connectivity index (χ1n) is 8.81. The van der Waals surface area contributed by atoms with Gasteiger partial charge in [0.1, 0.15) is 25.1 Å². The van der Waals surface area contributed by atoms with Gasteiger partial charge in [-0.2, -0.15) is 0 Å². The van der Waals surface area contributed by atoms with Gasteiger partial charge in [-0.25, -0.2) is 0 Å². The number of ether oxygens (including phenoxy) is 3. The highest BCUT2D eigenvalue weighted by Gasteiger charge is 2.23. The van der Waals surface area contributed by atoms with E-state index in [0.717, 1.165) is 12.2 Å². The van der Waals surface area contributed by atoms with Crippen molar-refractivity contribution in [2.75, 3.05) is 13.2 Å². The molecule has 1 aliphatic rings. The number of para-hydroxylation sites is 1. The first kappa shape index (κ1) is 17.2. The second-order valence-electron chi connectivity index (χ2n) is 6.13. The zero-order chi connectivity index (χ0) is 18.3. The number of epoxide rings is 1. The van der Waals surface area contributed by atoms with Crippen LogP contribution in [0.25, 0.3) is 0 Å². The predicted octanol–water partition coefficient (Wildman–Crippen LogP) is 4.42. The minimum absolute atomic E-state index is 0.184. The monoisotopic (exact) mass is 364 g/mol. The highest BCUT2D eigenvalue weighted by molar-refractivity contribution is 5.45. The Kier molecular flexibility index (Phi) is 5.41. The van der Waals surface area contributed by atoms with E-state index in [9.17, 15) is 0 Å². The summed E-state index contributed by atoms with van der Waals surface area (Å²) in [6.07, 6.45) is 0.184. The first-order chi connectivity index (χ1) is 13.4. The van der Waals surface area contributed by atoms with E-state index in [1.165, 1.54) is 0 Å². The van der Waals surface area contributed by atoms with Crippen LogP contribution < -0.4 is 19.2 Å². The molecular formula is C22H20O5. The molecule has 0 saturated carbocycles. The van der Waals surface area contributed by atoms with Crippen molar-refractivity contribution in [1.29, 1.82) is 0 Å². The lowest BCUT2D eigenvalue weighted by Gasteiger charge is -2.13. The van der Waals surface area contributed by atoms with E-state index in [-0.39, 0.29) is 6.10 Å². The number of hydrogen-bond donors (Lipinski definition) is 0. The fourth-order valence-electron chi connectivity index (χ4n) is 2.42. The minimum Gasteiger partial charge on any atom is -0.491 e. The molecule has 0 bridgehead atoms. The van der Waals surface area contributed by atoms with Crippen LogP contribution in [-0.4, -0.2) is 19.3 Å². The molecule has 3 aromatic rings. The van der Waals surface area contributed by atoms with Crippen molar-refractivity contribution < 1.29 is 24.0 Å². The molecule has 5 heteroatoms. The zero-order valence-corrected chi connectivity index (χ0v) is 14.7. The first-order valence-corrected chi connectivity index (χ1v) is 8.81. The molecule has 138 valence electrons. The Bertz CT molecular complexity index is 847. The van der Waals surface area contributed by atoms with Crippen LogP contribution in [0.3, 0.4) is 0 Å². The third-order valence-electron chi connectivity index (χ3n) is 3.96. The van der Waals surface area contributed by atoms with Crippen LogP contribution in [0.15, 0.2) is 78.9 Å². The van der Waals surface area contributed by atoms with Crippen molar-refractivity contribution in [3.63, 3.8) is 0 Å². The summed E-state index contributed by atoms with van der Waals surface area (Å²) in [5.41, 5.74) is 1.07. The van der Waals surface area contributed by atoms with Crippen molar-refractivity contribution in [2.45, 2.75) is 12.7 Å². The van der Waals surface area contributed by atoms with Crippen molar-refractivity contribution in [2.24, 2.45) is 0 Å². The van der Waals surface area contributed by atoms with Gasteiger partial charge in [-0.1, -0.05) is 48.5 Å². The maximum atomic E-state index is 5.92. The Morgan fingerprint density at radius 3 is 2.22 bits per heavy atom. The van der Waals surface area contributed by atoms with Gasteiger partial charge in [0.25, 0.3) is 0 Å². The van der Waals surface area contributed by atoms with Crippen LogP contribution in [0.5, 0.6) is 23.0 Å². The van der Waals surface area contributed by atoms with Gasteiger partial charge in [0.05, 0.1) is 6.61 Å². The van der Waals surface area contributed by atoms with Gasteiger partial charge in [0.15, 0.2) is 11.5 Å². The Morgan fingerprint density at radius 2 is 1.48 bits per heavy atom. The van der Waals surface area contributed by atoms with Crippen LogP contribution >= 0.6 is 0 Å². The van der Waals surface area contributed by atoms with Crippen molar-refractivity contribution in [1.82, 2.24) is 0 Å². The third kappa shape index (κ3) is 5.15.